The third-order valence-corrected chi connectivity index (χ3v) is 3.61. The van der Waals surface area contributed by atoms with Crippen molar-refractivity contribution in [3.63, 3.8) is 0 Å². The zero-order chi connectivity index (χ0) is 11.7. The van der Waals surface area contributed by atoms with E-state index in [1.54, 1.807) is 11.3 Å². The summed E-state index contributed by atoms with van der Waals surface area (Å²) in [5, 5.41) is 6.61. The van der Waals surface area contributed by atoms with Gasteiger partial charge in [0, 0.05) is 34.8 Å². The van der Waals surface area contributed by atoms with Crippen LogP contribution in [0, 0.1) is 6.92 Å². The topological polar surface area (TPSA) is 43.8 Å². The molecule has 2 rings (SSSR count). The van der Waals surface area contributed by atoms with E-state index in [0.29, 0.717) is 12.6 Å². The number of aromatic nitrogens is 2. The van der Waals surface area contributed by atoms with Gasteiger partial charge in [0.25, 0.3) is 0 Å². The Morgan fingerprint density at radius 1 is 1.44 bits per heavy atom. The summed E-state index contributed by atoms with van der Waals surface area (Å²) in [6.07, 6.45) is 2.11. The van der Waals surface area contributed by atoms with Gasteiger partial charge in [0.15, 0.2) is 0 Å². The predicted octanol–water partition coefficient (Wildman–Crippen LogP) is 2.96. The second kappa shape index (κ2) is 4.39. The van der Waals surface area contributed by atoms with Crippen LogP contribution < -0.4 is 5.73 Å². The molecule has 2 aromatic rings. The van der Waals surface area contributed by atoms with Crippen LogP contribution in [0.2, 0.25) is 0 Å². The summed E-state index contributed by atoms with van der Waals surface area (Å²) >= 11 is 1.71. The van der Waals surface area contributed by atoms with Crippen LogP contribution in [0.1, 0.15) is 30.5 Å². The fourth-order valence-electron chi connectivity index (χ4n) is 1.75. The first-order chi connectivity index (χ1) is 7.63. The fraction of sp³-hybridized carbons (Fsp3) is 0.417. The lowest BCUT2D eigenvalue weighted by molar-refractivity contribution is 0.529. The van der Waals surface area contributed by atoms with E-state index in [1.165, 1.54) is 16.0 Å². The van der Waals surface area contributed by atoms with Gasteiger partial charge in [-0.25, -0.2) is 0 Å². The summed E-state index contributed by atoms with van der Waals surface area (Å²) in [6.45, 7) is 6.91. The molecule has 0 radical (unpaired) electrons. The lowest BCUT2D eigenvalue weighted by Crippen LogP contribution is -2.00. The predicted molar refractivity (Wildman–Crippen MR) is 68.6 cm³/mol. The monoisotopic (exact) mass is 235 g/mol. The Bertz CT molecular complexity index is 482. The molecule has 0 saturated carbocycles. The summed E-state index contributed by atoms with van der Waals surface area (Å²) in [5.41, 5.74) is 9.24. The van der Waals surface area contributed by atoms with Crippen molar-refractivity contribution in [3.8, 4) is 11.1 Å². The fourth-order valence-corrected chi connectivity index (χ4v) is 2.52. The highest BCUT2D eigenvalue weighted by molar-refractivity contribution is 7.10. The van der Waals surface area contributed by atoms with Crippen molar-refractivity contribution in [2.24, 2.45) is 5.73 Å². The quantitative estimate of drug-likeness (QED) is 0.889. The van der Waals surface area contributed by atoms with E-state index in [2.05, 4.69) is 36.6 Å². The average molecular weight is 235 g/mol. The van der Waals surface area contributed by atoms with Crippen molar-refractivity contribution in [2.45, 2.75) is 33.4 Å². The Labute approximate surface area is 99.9 Å². The van der Waals surface area contributed by atoms with Gasteiger partial charge < -0.3 is 5.73 Å². The van der Waals surface area contributed by atoms with E-state index in [-0.39, 0.29) is 0 Å². The first-order valence-electron chi connectivity index (χ1n) is 5.46. The van der Waals surface area contributed by atoms with Crippen LogP contribution in [0.25, 0.3) is 11.1 Å². The standard InChI is InChI=1S/C12H17N3S/c1-8(2)15-7-11(9(3)14-15)10-4-5-16-12(10)6-13/h4-5,7-8H,6,13H2,1-3H3. The molecule has 3 nitrogen and oxygen atoms in total. The summed E-state index contributed by atoms with van der Waals surface area (Å²) < 4.78 is 2.00. The van der Waals surface area contributed by atoms with Crippen molar-refractivity contribution >= 4 is 11.3 Å². The number of hydrogen-bond acceptors (Lipinski definition) is 3. The van der Waals surface area contributed by atoms with E-state index < -0.39 is 0 Å². The molecule has 2 aromatic heterocycles. The molecule has 16 heavy (non-hydrogen) atoms. The minimum atomic E-state index is 0.396. The zero-order valence-electron chi connectivity index (χ0n) is 9.90. The number of aryl methyl sites for hydroxylation is 1. The van der Waals surface area contributed by atoms with Gasteiger partial charge in [-0.1, -0.05) is 0 Å². The number of nitrogens with two attached hydrogens (primary N) is 1. The first kappa shape index (κ1) is 11.4. The Hall–Kier alpha value is -1.13. The molecule has 0 spiro atoms. The van der Waals surface area contributed by atoms with Gasteiger partial charge >= 0.3 is 0 Å². The average Bonchev–Trinajstić information content (AvgIpc) is 2.82. The lowest BCUT2D eigenvalue weighted by atomic mass is 10.1. The molecule has 0 aliphatic rings. The number of nitrogens with zero attached hydrogens (tertiary/aromatic N) is 2. The highest BCUT2D eigenvalue weighted by atomic mass is 32.1. The van der Waals surface area contributed by atoms with E-state index in [1.807, 2.05) is 11.6 Å². The minimum absolute atomic E-state index is 0.396. The van der Waals surface area contributed by atoms with E-state index >= 15 is 0 Å². The number of hydrogen-bond donors (Lipinski definition) is 1. The third kappa shape index (κ3) is 1.90. The molecule has 2 heterocycles. The Morgan fingerprint density at radius 2 is 2.19 bits per heavy atom. The van der Waals surface area contributed by atoms with Gasteiger partial charge in [-0.05, 0) is 32.2 Å². The normalized spacial score (nSPS) is 11.3. The molecular formula is C12H17N3S. The molecule has 0 amide bonds. The molecule has 0 fully saturated rings. The Morgan fingerprint density at radius 3 is 2.75 bits per heavy atom. The molecule has 0 aliphatic carbocycles. The Kier molecular flexibility index (Phi) is 3.12. The van der Waals surface area contributed by atoms with Gasteiger partial charge in [-0.15, -0.1) is 11.3 Å². The van der Waals surface area contributed by atoms with Crippen molar-refractivity contribution in [1.29, 1.82) is 0 Å². The van der Waals surface area contributed by atoms with Crippen molar-refractivity contribution in [3.05, 3.63) is 28.2 Å². The van der Waals surface area contributed by atoms with E-state index in [4.69, 9.17) is 5.73 Å². The highest BCUT2D eigenvalue weighted by Gasteiger charge is 2.12. The molecule has 2 N–H and O–H groups in total. The molecule has 86 valence electrons. The van der Waals surface area contributed by atoms with Crippen LogP contribution in [0.5, 0.6) is 0 Å². The van der Waals surface area contributed by atoms with Gasteiger partial charge in [0.05, 0.1) is 5.69 Å². The maximum absolute atomic E-state index is 5.73. The molecular weight excluding hydrogens is 218 g/mol. The van der Waals surface area contributed by atoms with Crippen LogP contribution >= 0.6 is 11.3 Å². The molecule has 0 aliphatic heterocycles. The summed E-state index contributed by atoms with van der Waals surface area (Å²) in [6, 6.07) is 2.52. The largest absolute Gasteiger partial charge is 0.326 e. The number of thiophene rings is 1. The summed E-state index contributed by atoms with van der Waals surface area (Å²) in [7, 11) is 0. The maximum Gasteiger partial charge on any atom is 0.0672 e. The second-order valence-corrected chi connectivity index (χ2v) is 5.16. The maximum atomic E-state index is 5.73. The van der Waals surface area contributed by atoms with E-state index in [9.17, 15) is 0 Å². The molecule has 4 heteroatoms. The van der Waals surface area contributed by atoms with Crippen molar-refractivity contribution in [1.82, 2.24) is 9.78 Å². The van der Waals surface area contributed by atoms with Gasteiger partial charge in [0.2, 0.25) is 0 Å². The molecule has 0 atom stereocenters. The van der Waals surface area contributed by atoms with Crippen molar-refractivity contribution in [2.75, 3.05) is 0 Å². The zero-order valence-corrected chi connectivity index (χ0v) is 10.7. The molecule has 0 unspecified atom stereocenters. The van der Waals surface area contributed by atoms with Gasteiger partial charge in [-0.2, -0.15) is 5.10 Å². The van der Waals surface area contributed by atoms with Crippen LogP contribution in [-0.2, 0) is 6.54 Å². The highest BCUT2D eigenvalue weighted by Crippen LogP contribution is 2.30. The minimum Gasteiger partial charge on any atom is -0.326 e. The van der Waals surface area contributed by atoms with Crippen LogP contribution in [0.15, 0.2) is 17.6 Å². The van der Waals surface area contributed by atoms with Crippen LogP contribution in [0.3, 0.4) is 0 Å². The summed E-state index contributed by atoms with van der Waals surface area (Å²) in [4.78, 5) is 1.23. The number of rotatable bonds is 3. The van der Waals surface area contributed by atoms with E-state index in [0.717, 1.165) is 5.69 Å². The summed E-state index contributed by atoms with van der Waals surface area (Å²) in [5.74, 6) is 0. The Balaban J connectivity index is 2.48. The van der Waals surface area contributed by atoms with Gasteiger partial charge in [-0.3, -0.25) is 4.68 Å². The van der Waals surface area contributed by atoms with Crippen LogP contribution in [-0.4, -0.2) is 9.78 Å². The third-order valence-electron chi connectivity index (χ3n) is 2.67. The molecule has 0 aromatic carbocycles. The van der Waals surface area contributed by atoms with Crippen LogP contribution in [0.4, 0.5) is 0 Å². The smallest absolute Gasteiger partial charge is 0.0672 e. The second-order valence-electron chi connectivity index (χ2n) is 4.16. The first-order valence-corrected chi connectivity index (χ1v) is 6.34. The molecule has 0 bridgehead atoms. The van der Waals surface area contributed by atoms with Crippen molar-refractivity contribution < 1.29 is 0 Å². The SMILES string of the molecule is Cc1nn(C(C)C)cc1-c1ccsc1CN. The lowest BCUT2D eigenvalue weighted by Gasteiger charge is -2.03. The van der Waals surface area contributed by atoms with Gasteiger partial charge in [0.1, 0.15) is 0 Å². The molecule has 0 saturated heterocycles.